The molecular formula is C24H34N2O2. The van der Waals surface area contributed by atoms with Crippen molar-refractivity contribution in [3.63, 3.8) is 0 Å². The van der Waals surface area contributed by atoms with Crippen molar-refractivity contribution in [3.05, 3.63) is 65.2 Å². The molecule has 0 spiro atoms. The number of primary amides is 1. The number of aromatic hydroxyl groups is 1. The third-order valence-corrected chi connectivity index (χ3v) is 5.33. The molecule has 0 saturated carbocycles. The van der Waals surface area contributed by atoms with Crippen molar-refractivity contribution in [2.45, 2.75) is 65.0 Å². The van der Waals surface area contributed by atoms with Crippen LogP contribution < -0.4 is 5.73 Å². The zero-order valence-electron chi connectivity index (χ0n) is 17.6. The summed E-state index contributed by atoms with van der Waals surface area (Å²) in [7, 11) is 0. The first kappa shape index (κ1) is 22.0. The molecule has 2 rings (SSSR count). The fourth-order valence-electron chi connectivity index (χ4n) is 3.88. The number of hydrogen-bond acceptors (Lipinski definition) is 3. The standard InChI is InChI=1S/C24H34N2O2/c1-17(2)26(18(3)4)15-14-21(20-8-6-5-7-9-20)22-16-19(10-12-23(22)27)11-13-24(25)28/h5-10,12,16-18,21,27H,11,13-15H2,1-4H3,(H2,25,28)/t21-/m1/s1. The summed E-state index contributed by atoms with van der Waals surface area (Å²) in [4.78, 5) is 13.6. The average molecular weight is 383 g/mol. The molecule has 0 saturated heterocycles. The van der Waals surface area contributed by atoms with E-state index in [1.165, 1.54) is 5.56 Å². The maximum atomic E-state index is 11.2. The molecule has 1 amide bonds. The highest BCUT2D eigenvalue weighted by Crippen LogP contribution is 2.35. The second-order valence-electron chi connectivity index (χ2n) is 8.04. The summed E-state index contributed by atoms with van der Waals surface area (Å²) in [5, 5.41) is 10.6. The molecule has 0 aliphatic heterocycles. The molecule has 2 aromatic carbocycles. The lowest BCUT2D eigenvalue weighted by atomic mass is 9.86. The molecule has 28 heavy (non-hydrogen) atoms. The van der Waals surface area contributed by atoms with E-state index in [1.54, 1.807) is 6.07 Å². The first-order valence-electron chi connectivity index (χ1n) is 10.2. The lowest BCUT2D eigenvalue weighted by molar-refractivity contribution is -0.117. The van der Waals surface area contributed by atoms with Crippen LogP contribution in [0.5, 0.6) is 5.75 Å². The number of nitrogens with zero attached hydrogens (tertiary/aromatic N) is 1. The SMILES string of the molecule is CC(C)N(CC[C@H](c1ccccc1)c1cc(CCC(N)=O)ccc1O)C(C)C. The molecule has 0 aliphatic rings. The van der Waals surface area contributed by atoms with Crippen molar-refractivity contribution in [2.24, 2.45) is 5.73 Å². The van der Waals surface area contributed by atoms with Gasteiger partial charge in [-0.2, -0.15) is 0 Å². The van der Waals surface area contributed by atoms with Crippen LogP contribution in [-0.4, -0.2) is 34.5 Å². The van der Waals surface area contributed by atoms with E-state index in [2.05, 4.69) is 44.7 Å². The molecular weight excluding hydrogens is 348 g/mol. The normalized spacial score (nSPS) is 12.7. The quantitative estimate of drug-likeness (QED) is 0.638. The predicted octanol–water partition coefficient (Wildman–Crippen LogP) is 4.45. The van der Waals surface area contributed by atoms with Crippen molar-refractivity contribution in [1.29, 1.82) is 0 Å². The van der Waals surface area contributed by atoms with Crippen LogP contribution in [0.2, 0.25) is 0 Å². The Morgan fingerprint density at radius 1 is 1.04 bits per heavy atom. The third kappa shape index (κ3) is 6.10. The Labute approximate surface area is 169 Å². The monoisotopic (exact) mass is 382 g/mol. The number of hydrogen-bond donors (Lipinski definition) is 2. The van der Waals surface area contributed by atoms with Crippen molar-refractivity contribution >= 4 is 5.91 Å². The van der Waals surface area contributed by atoms with Crippen molar-refractivity contribution in [3.8, 4) is 5.75 Å². The van der Waals surface area contributed by atoms with Gasteiger partial charge in [0.25, 0.3) is 0 Å². The van der Waals surface area contributed by atoms with Crippen molar-refractivity contribution in [2.75, 3.05) is 6.54 Å². The Balaban J connectivity index is 2.34. The number of rotatable bonds is 10. The summed E-state index contributed by atoms with van der Waals surface area (Å²) in [6, 6.07) is 16.9. The molecule has 3 N–H and O–H groups in total. The largest absolute Gasteiger partial charge is 0.508 e. The van der Waals surface area contributed by atoms with Crippen LogP contribution >= 0.6 is 0 Å². The molecule has 0 radical (unpaired) electrons. The average Bonchev–Trinajstić information content (AvgIpc) is 2.65. The number of phenolic OH excluding ortho intramolecular Hbond substituents is 1. The minimum atomic E-state index is -0.307. The van der Waals surface area contributed by atoms with Gasteiger partial charge in [-0.1, -0.05) is 42.5 Å². The number of amides is 1. The van der Waals surface area contributed by atoms with E-state index in [0.717, 1.165) is 24.1 Å². The fraction of sp³-hybridized carbons (Fsp3) is 0.458. The van der Waals surface area contributed by atoms with E-state index < -0.39 is 0 Å². The molecule has 2 aromatic rings. The number of carbonyl (C=O) groups is 1. The molecule has 1 atom stereocenters. The van der Waals surface area contributed by atoms with Crippen LogP contribution in [0.3, 0.4) is 0 Å². The maximum Gasteiger partial charge on any atom is 0.217 e. The van der Waals surface area contributed by atoms with Gasteiger partial charge in [0.05, 0.1) is 0 Å². The van der Waals surface area contributed by atoms with Crippen molar-refractivity contribution in [1.82, 2.24) is 4.90 Å². The molecule has 0 bridgehead atoms. The van der Waals surface area contributed by atoms with Gasteiger partial charge >= 0.3 is 0 Å². The first-order chi connectivity index (χ1) is 13.3. The van der Waals surface area contributed by atoms with Crippen LogP contribution in [0.25, 0.3) is 0 Å². The Hall–Kier alpha value is -2.33. The van der Waals surface area contributed by atoms with Gasteiger partial charge in [0.1, 0.15) is 5.75 Å². The van der Waals surface area contributed by atoms with E-state index in [1.807, 2.05) is 30.3 Å². The summed E-state index contributed by atoms with van der Waals surface area (Å²) in [5.41, 5.74) is 8.44. The van der Waals surface area contributed by atoms with E-state index >= 15 is 0 Å². The van der Waals surface area contributed by atoms with Gasteiger partial charge in [0.15, 0.2) is 0 Å². The van der Waals surface area contributed by atoms with Gasteiger partial charge < -0.3 is 10.8 Å². The van der Waals surface area contributed by atoms with Crippen LogP contribution in [-0.2, 0) is 11.2 Å². The zero-order valence-corrected chi connectivity index (χ0v) is 17.6. The van der Waals surface area contributed by atoms with Crippen LogP contribution in [0.4, 0.5) is 0 Å². The van der Waals surface area contributed by atoms with Crippen molar-refractivity contribution < 1.29 is 9.90 Å². The van der Waals surface area contributed by atoms with Gasteiger partial charge in [-0.25, -0.2) is 0 Å². The molecule has 0 aliphatic carbocycles. The van der Waals surface area contributed by atoms with Gasteiger partial charge in [-0.05, 0) is 64.3 Å². The van der Waals surface area contributed by atoms with Crippen LogP contribution in [0.1, 0.15) is 63.1 Å². The smallest absolute Gasteiger partial charge is 0.217 e. The van der Waals surface area contributed by atoms with E-state index in [0.29, 0.717) is 30.7 Å². The second-order valence-corrected chi connectivity index (χ2v) is 8.04. The lowest BCUT2D eigenvalue weighted by Gasteiger charge is -2.32. The second kappa shape index (κ2) is 10.3. The van der Waals surface area contributed by atoms with E-state index in [-0.39, 0.29) is 11.8 Å². The molecule has 152 valence electrons. The Bertz CT molecular complexity index is 748. The molecule has 0 aromatic heterocycles. The van der Waals surface area contributed by atoms with Crippen LogP contribution in [0.15, 0.2) is 48.5 Å². The minimum absolute atomic E-state index is 0.0923. The summed E-state index contributed by atoms with van der Waals surface area (Å²) in [6.07, 6.45) is 1.82. The maximum absolute atomic E-state index is 11.2. The van der Waals surface area contributed by atoms with Crippen LogP contribution in [0, 0.1) is 0 Å². The lowest BCUT2D eigenvalue weighted by Crippen LogP contribution is -2.38. The molecule has 0 fully saturated rings. The Kier molecular flexibility index (Phi) is 8.06. The minimum Gasteiger partial charge on any atom is -0.508 e. The predicted molar refractivity (Wildman–Crippen MR) is 116 cm³/mol. The first-order valence-corrected chi connectivity index (χ1v) is 10.2. The number of aryl methyl sites for hydroxylation is 1. The summed E-state index contributed by atoms with van der Waals surface area (Å²) < 4.78 is 0. The molecule has 0 unspecified atom stereocenters. The number of carbonyl (C=O) groups excluding carboxylic acids is 1. The Morgan fingerprint density at radius 2 is 1.68 bits per heavy atom. The summed E-state index contributed by atoms with van der Waals surface area (Å²) >= 11 is 0. The molecule has 4 nitrogen and oxygen atoms in total. The number of phenols is 1. The number of nitrogens with two attached hydrogens (primary N) is 1. The fourth-order valence-corrected chi connectivity index (χ4v) is 3.88. The highest BCUT2D eigenvalue weighted by molar-refractivity contribution is 5.74. The van der Waals surface area contributed by atoms with Gasteiger partial charge in [0.2, 0.25) is 5.91 Å². The topological polar surface area (TPSA) is 66.6 Å². The summed E-state index contributed by atoms with van der Waals surface area (Å²) in [6.45, 7) is 9.83. The Morgan fingerprint density at radius 3 is 2.25 bits per heavy atom. The van der Waals surface area contributed by atoms with Gasteiger partial charge in [-0.3, -0.25) is 9.69 Å². The van der Waals surface area contributed by atoms with E-state index in [4.69, 9.17) is 5.73 Å². The van der Waals surface area contributed by atoms with Gasteiger partial charge in [-0.15, -0.1) is 0 Å². The third-order valence-electron chi connectivity index (χ3n) is 5.33. The molecule has 4 heteroatoms. The number of benzene rings is 2. The summed E-state index contributed by atoms with van der Waals surface area (Å²) in [5.74, 6) is 0.0887. The van der Waals surface area contributed by atoms with E-state index in [9.17, 15) is 9.90 Å². The highest BCUT2D eigenvalue weighted by atomic mass is 16.3. The van der Waals surface area contributed by atoms with Gasteiger partial charge in [0, 0.05) is 30.0 Å². The zero-order chi connectivity index (χ0) is 20.7. The highest BCUT2D eigenvalue weighted by Gasteiger charge is 2.21. The molecule has 0 heterocycles.